The number of methoxy groups -OCH3 is 1. The highest BCUT2D eigenvalue weighted by atomic mass is 16.5. The molecule has 102 valence electrons. The van der Waals surface area contributed by atoms with Crippen molar-refractivity contribution in [3.63, 3.8) is 0 Å². The van der Waals surface area contributed by atoms with E-state index in [0.29, 0.717) is 18.7 Å². The third-order valence-electron chi connectivity index (χ3n) is 1.96. The number of ether oxygens (including phenoxy) is 1. The van der Waals surface area contributed by atoms with Gasteiger partial charge in [0.05, 0.1) is 13.3 Å². The normalized spacial score (nSPS) is 9.78. The summed E-state index contributed by atoms with van der Waals surface area (Å²) in [5.74, 6) is 0.521. The minimum Gasteiger partial charge on any atom is -0.504 e. The second kappa shape index (κ2) is 10.4. The van der Waals surface area contributed by atoms with Gasteiger partial charge in [0.1, 0.15) is 0 Å². The Morgan fingerprint density at radius 3 is 2.72 bits per heavy atom. The van der Waals surface area contributed by atoms with Crippen molar-refractivity contribution < 1.29 is 14.9 Å². The van der Waals surface area contributed by atoms with E-state index >= 15 is 0 Å². The van der Waals surface area contributed by atoms with Gasteiger partial charge in [-0.3, -0.25) is 0 Å². The van der Waals surface area contributed by atoms with Gasteiger partial charge in [-0.25, -0.2) is 0 Å². The standard InChI is InChI=1S/C11H16N2O3.C2H6/c1-16-11-7-9(3-4-10(11)15)8-13-12-5-2-6-14;1-2/h3-4,7-8,12,14-15H,2,5-6H2,1H3;1-2H3/b13-8+;. The monoisotopic (exact) mass is 254 g/mol. The predicted octanol–water partition coefficient (Wildman–Crippen LogP) is 1.73. The van der Waals surface area contributed by atoms with E-state index in [9.17, 15) is 5.11 Å². The molecule has 0 bridgehead atoms. The van der Waals surface area contributed by atoms with Crippen molar-refractivity contribution in [2.24, 2.45) is 5.10 Å². The van der Waals surface area contributed by atoms with Crippen LogP contribution in [0.5, 0.6) is 11.5 Å². The van der Waals surface area contributed by atoms with Crippen LogP contribution in [-0.4, -0.2) is 36.7 Å². The number of hydrogen-bond donors (Lipinski definition) is 3. The van der Waals surface area contributed by atoms with Gasteiger partial charge in [0.2, 0.25) is 0 Å². The molecule has 0 aliphatic heterocycles. The molecule has 1 aromatic carbocycles. The van der Waals surface area contributed by atoms with E-state index in [1.54, 1.807) is 24.4 Å². The fourth-order valence-electron chi connectivity index (χ4n) is 1.12. The molecule has 0 amide bonds. The summed E-state index contributed by atoms with van der Waals surface area (Å²) < 4.78 is 4.97. The quantitative estimate of drug-likeness (QED) is 0.410. The third-order valence-corrected chi connectivity index (χ3v) is 1.96. The number of phenolic OH excluding ortho intramolecular Hbond substituents is 1. The zero-order valence-corrected chi connectivity index (χ0v) is 11.2. The van der Waals surface area contributed by atoms with Crippen molar-refractivity contribution in [2.45, 2.75) is 20.3 Å². The first kappa shape index (κ1) is 16.2. The van der Waals surface area contributed by atoms with Gasteiger partial charge < -0.3 is 20.4 Å². The summed E-state index contributed by atoms with van der Waals surface area (Å²) in [6.45, 7) is 4.78. The first-order valence-electron chi connectivity index (χ1n) is 6.01. The second-order valence-electron chi connectivity index (χ2n) is 3.17. The van der Waals surface area contributed by atoms with Crippen LogP contribution in [0.3, 0.4) is 0 Å². The molecule has 0 radical (unpaired) electrons. The van der Waals surface area contributed by atoms with Gasteiger partial charge in [0.15, 0.2) is 11.5 Å². The van der Waals surface area contributed by atoms with Gasteiger partial charge in [-0.2, -0.15) is 5.10 Å². The van der Waals surface area contributed by atoms with Crippen LogP contribution in [0, 0.1) is 0 Å². The zero-order chi connectivity index (χ0) is 13.8. The summed E-state index contributed by atoms with van der Waals surface area (Å²) in [6, 6.07) is 4.97. The molecule has 5 nitrogen and oxygen atoms in total. The molecule has 18 heavy (non-hydrogen) atoms. The van der Waals surface area contributed by atoms with Gasteiger partial charge >= 0.3 is 0 Å². The number of hydrogen-bond acceptors (Lipinski definition) is 5. The number of aromatic hydroxyl groups is 1. The van der Waals surface area contributed by atoms with E-state index in [1.165, 1.54) is 7.11 Å². The van der Waals surface area contributed by atoms with Gasteiger partial charge in [-0.15, -0.1) is 0 Å². The number of aliphatic hydroxyl groups excluding tert-OH is 1. The Labute approximate surface area is 108 Å². The molecule has 0 heterocycles. The minimum atomic E-state index is 0.105. The number of nitrogens with one attached hydrogen (secondary N) is 1. The number of nitrogens with zero attached hydrogens (tertiary/aromatic N) is 1. The minimum absolute atomic E-state index is 0.105. The summed E-state index contributed by atoms with van der Waals surface area (Å²) in [6.07, 6.45) is 2.29. The van der Waals surface area contributed by atoms with E-state index in [0.717, 1.165) is 5.56 Å². The van der Waals surface area contributed by atoms with Crippen LogP contribution in [-0.2, 0) is 0 Å². The molecule has 0 aliphatic rings. The van der Waals surface area contributed by atoms with Crippen LogP contribution >= 0.6 is 0 Å². The van der Waals surface area contributed by atoms with Crippen molar-refractivity contribution >= 4 is 6.21 Å². The van der Waals surface area contributed by atoms with Crippen LogP contribution in [0.1, 0.15) is 25.8 Å². The maximum atomic E-state index is 9.36. The number of phenols is 1. The summed E-state index contributed by atoms with van der Waals surface area (Å²) >= 11 is 0. The van der Waals surface area contributed by atoms with E-state index in [1.807, 2.05) is 13.8 Å². The summed E-state index contributed by atoms with van der Waals surface area (Å²) in [5, 5.41) is 21.9. The molecule has 0 aliphatic carbocycles. The van der Waals surface area contributed by atoms with Gasteiger partial charge in [0, 0.05) is 13.2 Å². The maximum absolute atomic E-state index is 9.36. The van der Waals surface area contributed by atoms with Crippen molar-refractivity contribution in [3.8, 4) is 11.5 Å². The fourth-order valence-corrected chi connectivity index (χ4v) is 1.12. The lowest BCUT2D eigenvalue weighted by Crippen LogP contribution is -2.09. The smallest absolute Gasteiger partial charge is 0.161 e. The van der Waals surface area contributed by atoms with Crippen LogP contribution in [0.4, 0.5) is 0 Å². The Balaban J connectivity index is 0.00000137. The lowest BCUT2D eigenvalue weighted by Gasteiger charge is -2.03. The van der Waals surface area contributed by atoms with E-state index in [2.05, 4.69) is 10.5 Å². The average molecular weight is 254 g/mol. The van der Waals surface area contributed by atoms with Crippen molar-refractivity contribution in [3.05, 3.63) is 23.8 Å². The molecule has 0 fully saturated rings. The fraction of sp³-hybridized carbons (Fsp3) is 0.462. The van der Waals surface area contributed by atoms with Crippen molar-refractivity contribution in [1.82, 2.24) is 5.43 Å². The van der Waals surface area contributed by atoms with Gasteiger partial charge in [0.25, 0.3) is 0 Å². The van der Waals surface area contributed by atoms with Crippen LogP contribution in [0.25, 0.3) is 0 Å². The Hall–Kier alpha value is -1.75. The number of benzene rings is 1. The Morgan fingerprint density at radius 2 is 2.11 bits per heavy atom. The van der Waals surface area contributed by atoms with Crippen LogP contribution < -0.4 is 10.2 Å². The lowest BCUT2D eigenvalue weighted by atomic mass is 10.2. The SMILES string of the molecule is CC.COc1cc(/C=N/NCCCO)ccc1O. The predicted molar refractivity (Wildman–Crippen MR) is 73.3 cm³/mol. The average Bonchev–Trinajstić information content (AvgIpc) is 2.42. The van der Waals surface area contributed by atoms with E-state index in [-0.39, 0.29) is 12.4 Å². The molecule has 0 aromatic heterocycles. The van der Waals surface area contributed by atoms with E-state index in [4.69, 9.17) is 9.84 Å². The topological polar surface area (TPSA) is 74.1 Å². The highest BCUT2D eigenvalue weighted by molar-refractivity contribution is 5.80. The van der Waals surface area contributed by atoms with Gasteiger partial charge in [-0.05, 0) is 30.2 Å². The Kier molecular flexibility index (Phi) is 9.40. The first-order valence-corrected chi connectivity index (χ1v) is 6.01. The second-order valence-corrected chi connectivity index (χ2v) is 3.17. The molecule has 1 aromatic rings. The number of hydrazone groups is 1. The molecule has 0 unspecified atom stereocenters. The third kappa shape index (κ3) is 6.10. The number of aliphatic hydroxyl groups is 1. The highest BCUT2D eigenvalue weighted by Crippen LogP contribution is 2.25. The van der Waals surface area contributed by atoms with Crippen molar-refractivity contribution in [2.75, 3.05) is 20.3 Å². The van der Waals surface area contributed by atoms with Crippen LogP contribution in [0.15, 0.2) is 23.3 Å². The molecule has 0 saturated carbocycles. The molecular formula is C13H22N2O3. The molecule has 0 atom stereocenters. The summed E-state index contributed by atoms with van der Waals surface area (Å²) in [5.41, 5.74) is 3.62. The van der Waals surface area contributed by atoms with Gasteiger partial charge in [-0.1, -0.05) is 13.8 Å². The summed E-state index contributed by atoms with van der Waals surface area (Å²) in [7, 11) is 1.50. The largest absolute Gasteiger partial charge is 0.504 e. The maximum Gasteiger partial charge on any atom is 0.161 e. The number of rotatable bonds is 6. The molecule has 0 spiro atoms. The molecule has 0 saturated heterocycles. The zero-order valence-electron chi connectivity index (χ0n) is 11.2. The molecular weight excluding hydrogens is 232 g/mol. The lowest BCUT2D eigenvalue weighted by molar-refractivity contribution is 0.286. The highest BCUT2D eigenvalue weighted by Gasteiger charge is 2.00. The molecule has 5 heteroatoms. The molecule has 3 N–H and O–H groups in total. The summed E-state index contributed by atoms with van der Waals surface area (Å²) in [4.78, 5) is 0. The Morgan fingerprint density at radius 1 is 1.39 bits per heavy atom. The van der Waals surface area contributed by atoms with Crippen molar-refractivity contribution in [1.29, 1.82) is 0 Å². The van der Waals surface area contributed by atoms with Crippen LogP contribution in [0.2, 0.25) is 0 Å². The molecule has 1 rings (SSSR count). The first-order chi connectivity index (χ1) is 8.77. The Bertz CT molecular complexity index is 354. The van der Waals surface area contributed by atoms with E-state index < -0.39 is 0 Å².